The Kier molecular flexibility index (Phi) is 6.43. The zero-order valence-corrected chi connectivity index (χ0v) is 15.1. The summed E-state index contributed by atoms with van der Waals surface area (Å²) in [5.74, 6) is 0.432. The molecular formula is C19H21NO6. The Morgan fingerprint density at radius 3 is 2.00 bits per heavy atom. The summed E-state index contributed by atoms with van der Waals surface area (Å²) in [7, 11) is 4.39. The molecule has 0 spiro atoms. The van der Waals surface area contributed by atoms with Gasteiger partial charge in [-0.3, -0.25) is 4.79 Å². The van der Waals surface area contributed by atoms with Crippen molar-refractivity contribution in [3.63, 3.8) is 0 Å². The number of nitrogens with one attached hydrogen (secondary N) is 1. The van der Waals surface area contributed by atoms with Gasteiger partial charge in [-0.25, -0.2) is 4.79 Å². The molecule has 0 aliphatic carbocycles. The Morgan fingerprint density at radius 2 is 1.50 bits per heavy atom. The highest BCUT2D eigenvalue weighted by molar-refractivity contribution is 5.98. The maximum atomic E-state index is 12.5. The Bertz CT molecular complexity index is 750. The fourth-order valence-corrected chi connectivity index (χ4v) is 2.24. The van der Waals surface area contributed by atoms with Crippen LogP contribution in [0.25, 0.3) is 0 Å². The third-order valence-electron chi connectivity index (χ3n) is 3.59. The van der Waals surface area contributed by atoms with Crippen LogP contribution in [0, 0.1) is 0 Å². The van der Waals surface area contributed by atoms with Crippen molar-refractivity contribution in [1.29, 1.82) is 0 Å². The number of carbonyl (C=O) groups excluding carboxylic acids is 2. The van der Waals surface area contributed by atoms with Gasteiger partial charge in [-0.1, -0.05) is 18.2 Å². The summed E-state index contributed by atoms with van der Waals surface area (Å²) in [4.78, 5) is 24.6. The summed E-state index contributed by atoms with van der Waals surface area (Å²) in [6.45, 7) is 1.54. The van der Waals surface area contributed by atoms with E-state index in [1.807, 2.05) is 6.07 Å². The number of benzene rings is 2. The number of methoxy groups -OCH3 is 3. The average molecular weight is 359 g/mol. The first-order valence-corrected chi connectivity index (χ1v) is 7.87. The molecule has 0 saturated carbocycles. The maximum Gasteiger partial charge on any atom is 0.333 e. The van der Waals surface area contributed by atoms with E-state index in [0.29, 0.717) is 23.0 Å². The highest BCUT2D eigenvalue weighted by atomic mass is 16.5. The molecule has 0 heterocycles. The first-order valence-electron chi connectivity index (χ1n) is 7.87. The monoisotopic (exact) mass is 359 g/mol. The molecule has 1 atom stereocenters. The molecule has 0 bridgehead atoms. The molecule has 0 aliphatic rings. The van der Waals surface area contributed by atoms with E-state index in [0.717, 1.165) is 0 Å². The highest BCUT2D eigenvalue weighted by Crippen LogP contribution is 2.38. The van der Waals surface area contributed by atoms with Crippen LogP contribution in [0.5, 0.6) is 23.0 Å². The molecule has 138 valence electrons. The Hall–Kier alpha value is -3.22. The topological polar surface area (TPSA) is 83.1 Å². The van der Waals surface area contributed by atoms with E-state index in [9.17, 15) is 9.59 Å². The minimum Gasteiger partial charge on any atom is -0.493 e. The van der Waals surface area contributed by atoms with Crippen molar-refractivity contribution in [2.24, 2.45) is 0 Å². The van der Waals surface area contributed by atoms with Crippen molar-refractivity contribution >= 4 is 11.9 Å². The Labute approximate surface area is 151 Å². The van der Waals surface area contributed by atoms with E-state index in [-0.39, 0.29) is 5.56 Å². The van der Waals surface area contributed by atoms with E-state index in [1.165, 1.54) is 33.5 Å². The van der Waals surface area contributed by atoms with Gasteiger partial charge in [0.1, 0.15) is 11.8 Å². The second kappa shape index (κ2) is 8.75. The van der Waals surface area contributed by atoms with Gasteiger partial charge in [0.2, 0.25) is 5.75 Å². The lowest BCUT2D eigenvalue weighted by Crippen LogP contribution is -2.40. The Morgan fingerprint density at radius 1 is 0.923 bits per heavy atom. The minimum atomic E-state index is -0.846. The van der Waals surface area contributed by atoms with Crippen LogP contribution in [-0.4, -0.2) is 39.2 Å². The van der Waals surface area contributed by atoms with Crippen LogP contribution in [0.1, 0.15) is 17.3 Å². The van der Waals surface area contributed by atoms with Gasteiger partial charge < -0.3 is 24.3 Å². The van der Waals surface area contributed by atoms with E-state index in [4.69, 9.17) is 18.9 Å². The number of amides is 1. The summed E-state index contributed by atoms with van der Waals surface area (Å²) in [5.41, 5.74) is 0.263. The second-order valence-corrected chi connectivity index (χ2v) is 5.34. The molecule has 1 N–H and O–H groups in total. The summed E-state index contributed by atoms with van der Waals surface area (Å²) in [6.07, 6.45) is 0. The normalized spacial score (nSPS) is 11.2. The summed E-state index contributed by atoms with van der Waals surface area (Å²) in [6, 6.07) is 10.8. The van der Waals surface area contributed by atoms with Crippen molar-refractivity contribution < 1.29 is 28.5 Å². The maximum absolute atomic E-state index is 12.5. The number of hydrogen-bond donors (Lipinski definition) is 1. The van der Waals surface area contributed by atoms with Gasteiger partial charge in [0.15, 0.2) is 11.5 Å². The molecule has 26 heavy (non-hydrogen) atoms. The van der Waals surface area contributed by atoms with Crippen LogP contribution in [0.4, 0.5) is 0 Å². The highest BCUT2D eigenvalue weighted by Gasteiger charge is 2.21. The van der Waals surface area contributed by atoms with Crippen LogP contribution in [0.2, 0.25) is 0 Å². The third-order valence-corrected chi connectivity index (χ3v) is 3.59. The quantitative estimate of drug-likeness (QED) is 0.604. The van der Waals surface area contributed by atoms with Crippen LogP contribution in [0.15, 0.2) is 42.5 Å². The van der Waals surface area contributed by atoms with Gasteiger partial charge in [0.05, 0.1) is 21.3 Å². The fourth-order valence-electron chi connectivity index (χ4n) is 2.24. The van der Waals surface area contributed by atoms with Crippen molar-refractivity contribution in [3.8, 4) is 23.0 Å². The molecule has 1 amide bonds. The van der Waals surface area contributed by atoms with Gasteiger partial charge >= 0.3 is 5.97 Å². The predicted octanol–water partition coefficient (Wildman–Crippen LogP) is 2.44. The molecule has 0 radical (unpaired) electrons. The number of para-hydroxylation sites is 1. The van der Waals surface area contributed by atoms with E-state index in [1.54, 1.807) is 31.2 Å². The first kappa shape index (κ1) is 19.1. The summed E-state index contributed by atoms with van der Waals surface area (Å²) >= 11 is 0. The molecule has 0 saturated heterocycles. The third kappa shape index (κ3) is 4.44. The van der Waals surface area contributed by atoms with Crippen LogP contribution in [0.3, 0.4) is 0 Å². The van der Waals surface area contributed by atoms with Crippen molar-refractivity contribution in [2.45, 2.75) is 13.0 Å². The van der Waals surface area contributed by atoms with Crippen LogP contribution < -0.4 is 24.3 Å². The molecule has 2 aromatic rings. The molecular weight excluding hydrogens is 338 g/mol. The second-order valence-electron chi connectivity index (χ2n) is 5.34. The minimum absolute atomic E-state index is 0.263. The average Bonchev–Trinajstić information content (AvgIpc) is 2.67. The Balaban J connectivity index is 2.12. The zero-order chi connectivity index (χ0) is 19.1. The van der Waals surface area contributed by atoms with Gasteiger partial charge in [0, 0.05) is 5.56 Å². The predicted molar refractivity (Wildman–Crippen MR) is 95.1 cm³/mol. The van der Waals surface area contributed by atoms with Crippen LogP contribution in [-0.2, 0) is 4.79 Å². The SMILES string of the molecule is COc1cc(C(=O)N[C@@H](C)C(=O)Oc2ccccc2)cc(OC)c1OC. The van der Waals surface area contributed by atoms with Crippen molar-refractivity contribution in [1.82, 2.24) is 5.32 Å². The standard InChI is InChI=1S/C19H21NO6/c1-12(19(22)26-14-8-6-5-7-9-14)20-18(21)13-10-15(23-2)17(25-4)16(11-13)24-3/h5-12H,1-4H3,(H,20,21)/t12-/m0/s1. The van der Waals surface area contributed by atoms with Crippen molar-refractivity contribution in [2.75, 3.05) is 21.3 Å². The van der Waals surface area contributed by atoms with Gasteiger partial charge in [0.25, 0.3) is 5.91 Å². The van der Waals surface area contributed by atoms with E-state index >= 15 is 0 Å². The molecule has 7 heteroatoms. The molecule has 2 rings (SSSR count). The van der Waals surface area contributed by atoms with E-state index in [2.05, 4.69) is 5.32 Å². The molecule has 0 aromatic heterocycles. The molecule has 7 nitrogen and oxygen atoms in total. The lowest BCUT2D eigenvalue weighted by atomic mass is 10.1. The van der Waals surface area contributed by atoms with Gasteiger partial charge in [-0.2, -0.15) is 0 Å². The summed E-state index contributed by atoms with van der Waals surface area (Å²) < 4.78 is 20.9. The van der Waals surface area contributed by atoms with Crippen LogP contribution >= 0.6 is 0 Å². The van der Waals surface area contributed by atoms with E-state index < -0.39 is 17.9 Å². The molecule has 2 aromatic carbocycles. The molecule has 0 fully saturated rings. The number of rotatable bonds is 7. The molecule has 0 aliphatic heterocycles. The lowest BCUT2D eigenvalue weighted by Gasteiger charge is -2.16. The lowest BCUT2D eigenvalue weighted by molar-refractivity contribution is -0.136. The van der Waals surface area contributed by atoms with Gasteiger partial charge in [-0.05, 0) is 31.2 Å². The zero-order valence-electron chi connectivity index (χ0n) is 15.1. The van der Waals surface area contributed by atoms with Gasteiger partial charge in [-0.15, -0.1) is 0 Å². The smallest absolute Gasteiger partial charge is 0.333 e. The van der Waals surface area contributed by atoms with Crippen molar-refractivity contribution in [3.05, 3.63) is 48.0 Å². The number of ether oxygens (including phenoxy) is 4. The molecule has 0 unspecified atom stereocenters. The largest absolute Gasteiger partial charge is 0.493 e. The summed E-state index contributed by atoms with van der Waals surface area (Å²) in [5, 5.41) is 2.59. The number of hydrogen-bond acceptors (Lipinski definition) is 6. The first-order chi connectivity index (χ1) is 12.5. The fraction of sp³-hybridized carbons (Fsp3) is 0.263. The number of esters is 1. The number of carbonyl (C=O) groups is 2.